The third kappa shape index (κ3) is 3.08. The summed E-state index contributed by atoms with van der Waals surface area (Å²) in [6.07, 6.45) is 0.987. The summed E-state index contributed by atoms with van der Waals surface area (Å²) >= 11 is 1.61. The van der Waals surface area contributed by atoms with Crippen molar-refractivity contribution in [2.45, 2.75) is 25.9 Å². The fourth-order valence-corrected chi connectivity index (χ4v) is 4.09. The molecule has 0 aliphatic carbocycles. The molecule has 0 saturated heterocycles. The molecule has 2 atom stereocenters. The first-order valence-electron chi connectivity index (χ1n) is 8.65. The summed E-state index contributed by atoms with van der Waals surface area (Å²) in [5.41, 5.74) is 2.61. The van der Waals surface area contributed by atoms with Crippen molar-refractivity contribution in [2.24, 2.45) is 0 Å². The number of fused-ring (bicyclic) bond motifs is 1. The van der Waals surface area contributed by atoms with Gasteiger partial charge in [0.05, 0.1) is 25.6 Å². The standard InChI is InChI=1S/C19H21N3O3S/c1-12(18-20-21-19(25-18)17-5-4-8-26-17)22-7-6-13-9-15(23-2)16(24-3)10-14(13)11-22/h4-5,8-10,12H,6-7,11H2,1-3H3/p+1/t12-/m0/s1. The minimum absolute atomic E-state index is 0.137. The zero-order valence-corrected chi connectivity index (χ0v) is 15.9. The number of nitrogens with zero attached hydrogens (tertiary/aromatic N) is 2. The molecule has 4 rings (SSSR count). The van der Waals surface area contributed by atoms with Crippen LogP contribution in [-0.4, -0.2) is 31.0 Å². The van der Waals surface area contributed by atoms with Crippen LogP contribution in [0.15, 0.2) is 34.1 Å². The Hall–Kier alpha value is -2.38. The molecule has 1 N–H and O–H groups in total. The van der Waals surface area contributed by atoms with E-state index in [1.165, 1.54) is 16.0 Å². The maximum absolute atomic E-state index is 5.94. The summed E-state index contributed by atoms with van der Waals surface area (Å²) in [6.45, 7) is 4.06. The lowest BCUT2D eigenvalue weighted by atomic mass is 9.97. The molecule has 26 heavy (non-hydrogen) atoms. The van der Waals surface area contributed by atoms with Crippen LogP contribution in [0.25, 0.3) is 10.8 Å². The van der Waals surface area contributed by atoms with Crippen LogP contribution in [0.3, 0.4) is 0 Å². The van der Waals surface area contributed by atoms with E-state index in [2.05, 4.69) is 29.3 Å². The lowest BCUT2D eigenvalue weighted by molar-refractivity contribution is -0.946. The fourth-order valence-electron chi connectivity index (χ4n) is 3.44. The number of ether oxygens (including phenoxy) is 2. The van der Waals surface area contributed by atoms with Gasteiger partial charge < -0.3 is 18.8 Å². The number of hydrogen-bond donors (Lipinski definition) is 1. The highest BCUT2D eigenvalue weighted by Crippen LogP contribution is 2.31. The molecule has 6 nitrogen and oxygen atoms in total. The van der Waals surface area contributed by atoms with Gasteiger partial charge in [0.15, 0.2) is 17.5 Å². The number of rotatable bonds is 5. The van der Waals surface area contributed by atoms with Crippen molar-refractivity contribution < 1.29 is 18.8 Å². The molecule has 2 aromatic heterocycles. The zero-order valence-electron chi connectivity index (χ0n) is 15.1. The van der Waals surface area contributed by atoms with E-state index in [9.17, 15) is 0 Å². The Bertz CT molecular complexity index is 892. The van der Waals surface area contributed by atoms with E-state index in [1.54, 1.807) is 25.6 Å². The van der Waals surface area contributed by atoms with Gasteiger partial charge in [-0.25, -0.2) is 0 Å². The Balaban J connectivity index is 1.55. The molecule has 1 unspecified atom stereocenters. The van der Waals surface area contributed by atoms with Crippen LogP contribution in [0.4, 0.5) is 0 Å². The number of thiophene rings is 1. The van der Waals surface area contributed by atoms with E-state index in [1.807, 2.05) is 17.5 Å². The number of methoxy groups -OCH3 is 2. The van der Waals surface area contributed by atoms with Gasteiger partial charge in [0.25, 0.3) is 11.8 Å². The monoisotopic (exact) mass is 372 g/mol. The quantitative estimate of drug-likeness (QED) is 0.746. The van der Waals surface area contributed by atoms with Crippen LogP contribution >= 0.6 is 11.3 Å². The predicted molar refractivity (Wildman–Crippen MR) is 98.8 cm³/mol. The second kappa shape index (κ2) is 7.09. The van der Waals surface area contributed by atoms with Crippen LogP contribution in [0.2, 0.25) is 0 Å². The Morgan fingerprint density at radius 3 is 2.62 bits per heavy atom. The summed E-state index contributed by atoms with van der Waals surface area (Å²) in [5.74, 6) is 2.86. The van der Waals surface area contributed by atoms with Crippen LogP contribution < -0.4 is 14.4 Å². The molecule has 0 fully saturated rings. The van der Waals surface area contributed by atoms with Crippen LogP contribution in [0, 0.1) is 0 Å². The Morgan fingerprint density at radius 1 is 1.15 bits per heavy atom. The van der Waals surface area contributed by atoms with Crippen LogP contribution in [0.1, 0.15) is 30.0 Å². The van der Waals surface area contributed by atoms with Gasteiger partial charge in [-0.2, -0.15) is 0 Å². The summed E-state index contributed by atoms with van der Waals surface area (Å²) in [5, 5.41) is 10.5. The molecule has 1 aliphatic heterocycles. The molecule has 0 amide bonds. The van der Waals surface area contributed by atoms with E-state index in [0.29, 0.717) is 11.8 Å². The number of nitrogens with one attached hydrogen (secondary N) is 1. The Kier molecular flexibility index (Phi) is 4.65. The summed E-state index contributed by atoms with van der Waals surface area (Å²) in [4.78, 5) is 2.41. The molecule has 0 spiro atoms. The highest BCUT2D eigenvalue weighted by atomic mass is 32.1. The zero-order chi connectivity index (χ0) is 18.1. The molecule has 0 saturated carbocycles. The van der Waals surface area contributed by atoms with Crippen LogP contribution in [-0.2, 0) is 13.0 Å². The fraction of sp³-hybridized carbons (Fsp3) is 0.368. The van der Waals surface area contributed by atoms with Gasteiger partial charge in [0.2, 0.25) is 0 Å². The maximum Gasteiger partial charge on any atom is 0.274 e. The molecule has 1 aromatic carbocycles. The molecule has 0 radical (unpaired) electrons. The average molecular weight is 372 g/mol. The van der Waals surface area contributed by atoms with E-state index in [0.717, 1.165) is 35.9 Å². The Labute approximate surface area is 156 Å². The molecule has 7 heteroatoms. The Morgan fingerprint density at radius 2 is 1.92 bits per heavy atom. The molecule has 3 heterocycles. The van der Waals surface area contributed by atoms with Gasteiger partial charge in [-0.1, -0.05) is 6.07 Å². The largest absolute Gasteiger partial charge is 0.493 e. The van der Waals surface area contributed by atoms with Gasteiger partial charge in [-0.05, 0) is 36.1 Å². The first-order chi connectivity index (χ1) is 12.7. The highest BCUT2D eigenvalue weighted by Gasteiger charge is 2.30. The molecule has 3 aromatic rings. The number of hydrogen-bond acceptors (Lipinski definition) is 6. The van der Waals surface area contributed by atoms with E-state index in [4.69, 9.17) is 13.9 Å². The number of aromatic nitrogens is 2. The number of benzene rings is 1. The summed E-state index contributed by atoms with van der Waals surface area (Å²) in [7, 11) is 3.35. The van der Waals surface area contributed by atoms with E-state index >= 15 is 0 Å². The lowest BCUT2D eigenvalue weighted by Gasteiger charge is -2.29. The van der Waals surface area contributed by atoms with Gasteiger partial charge in [-0.15, -0.1) is 21.5 Å². The van der Waals surface area contributed by atoms with Crippen molar-refractivity contribution in [1.82, 2.24) is 10.2 Å². The van der Waals surface area contributed by atoms with Crippen molar-refractivity contribution in [1.29, 1.82) is 0 Å². The average Bonchev–Trinajstić information content (AvgIpc) is 3.37. The topological polar surface area (TPSA) is 61.8 Å². The summed E-state index contributed by atoms with van der Waals surface area (Å²) in [6, 6.07) is 8.30. The first-order valence-corrected chi connectivity index (χ1v) is 9.53. The van der Waals surface area contributed by atoms with E-state index < -0.39 is 0 Å². The highest BCUT2D eigenvalue weighted by molar-refractivity contribution is 7.13. The number of quaternary nitrogens is 1. The second-order valence-electron chi connectivity index (χ2n) is 6.46. The third-order valence-electron chi connectivity index (χ3n) is 4.99. The van der Waals surface area contributed by atoms with Crippen molar-refractivity contribution in [3.63, 3.8) is 0 Å². The predicted octanol–water partition coefficient (Wildman–Crippen LogP) is 2.52. The van der Waals surface area contributed by atoms with Gasteiger partial charge in [0.1, 0.15) is 6.54 Å². The van der Waals surface area contributed by atoms with Crippen molar-refractivity contribution >= 4 is 11.3 Å². The van der Waals surface area contributed by atoms with E-state index in [-0.39, 0.29) is 6.04 Å². The van der Waals surface area contributed by atoms with Crippen molar-refractivity contribution in [3.8, 4) is 22.3 Å². The smallest absolute Gasteiger partial charge is 0.274 e. The van der Waals surface area contributed by atoms with Crippen LogP contribution in [0.5, 0.6) is 11.5 Å². The second-order valence-corrected chi connectivity index (χ2v) is 7.40. The van der Waals surface area contributed by atoms with Crippen molar-refractivity contribution in [3.05, 3.63) is 46.7 Å². The molecule has 0 bridgehead atoms. The molecular formula is C19H22N3O3S+. The molecular weight excluding hydrogens is 350 g/mol. The van der Waals surface area contributed by atoms with Gasteiger partial charge >= 0.3 is 0 Å². The van der Waals surface area contributed by atoms with Crippen molar-refractivity contribution in [2.75, 3.05) is 20.8 Å². The molecule has 1 aliphatic rings. The lowest BCUT2D eigenvalue weighted by Crippen LogP contribution is -3.11. The minimum Gasteiger partial charge on any atom is -0.493 e. The summed E-state index contributed by atoms with van der Waals surface area (Å²) < 4.78 is 16.8. The molecule has 136 valence electrons. The minimum atomic E-state index is 0.137. The maximum atomic E-state index is 5.94. The third-order valence-corrected chi connectivity index (χ3v) is 5.85. The van der Waals surface area contributed by atoms with Gasteiger partial charge in [-0.3, -0.25) is 0 Å². The first kappa shape index (κ1) is 17.1. The van der Waals surface area contributed by atoms with Gasteiger partial charge in [0, 0.05) is 12.0 Å². The SMILES string of the molecule is COc1cc2c(cc1OC)C[NH+]([C@@H](C)c1nnc(-c3cccs3)o1)CC2. The normalized spacial score (nSPS) is 17.6.